The number of ether oxygens (including phenoxy) is 2. The summed E-state index contributed by atoms with van der Waals surface area (Å²) in [7, 11) is 0. The molecule has 0 saturated heterocycles. The Morgan fingerprint density at radius 3 is 2.83 bits per heavy atom. The van der Waals surface area contributed by atoms with E-state index in [2.05, 4.69) is 0 Å². The third-order valence-electron chi connectivity index (χ3n) is 3.46. The van der Waals surface area contributed by atoms with Crippen LogP contribution in [0.1, 0.15) is 30.1 Å². The van der Waals surface area contributed by atoms with Gasteiger partial charge >= 0.3 is 0 Å². The topological polar surface area (TPSA) is 38.8 Å². The number of carbonyl (C=O) groups excluding carboxylic acids is 1. The van der Waals surface area contributed by atoms with Crippen LogP contribution in [0.15, 0.2) is 18.2 Å². The van der Waals surface area contributed by atoms with Gasteiger partial charge in [-0.15, -0.1) is 0 Å². The first-order valence-corrected chi connectivity index (χ1v) is 6.47. The molecular formula is C14H17NO3. The lowest BCUT2D eigenvalue weighted by atomic mass is 10.1. The summed E-state index contributed by atoms with van der Waals surface area (Å²) >= 11 is 0. The van der Waals surface area contributed by atoms with Crippen molar-refractivity contribution in [1.82, 2.24) is 4.90 Å². The predicted octanol–water partition coefficient (Wildman–Crippen LogP) is 2.29. The molecule has 1 amide bonds. The third kappa shape index (κ3) is 2.15. The van der Waals surface area contributed by atoms with E-state index in [0.29, 0.717) is 17.2 Å². The van der Waals surface area contributed by atoms with Crippen LogP contribution < -0.4 is 9.47 Å². The van der Waals surface area contributed by atoms with E-state index in [4.69, 9.17) is 9.47 Å². The van der Waals surface area contributed by atoms with Crippen molar-refractivity contribution < 1.29 is 14.3 Å². The lowest BCUT2D eigenvalue weighted by molar-refractivity contribution is 0.0756. The summed E-state index contributed by atoms with van der Waals surface area (Å²) < 4.78 is 10.6. The van der Waals surface area contributed by atoms with Crippen molar-refractivity contribution in [3.05, 3.63) is 23.8 Å². The molecule has 0 unspecified atom stereocenters. The Labute approximate surface area is 106 Å². The fraction of sp³-hybridized carbons (Fsp3) is 0.500. The molecule has 18 heavy (non-hydrogen) atoms. The van der Waals surface area contributed by atoms with Crippen molar-refractivity contribution >= 4 is 5.91 Å². The quantitative estimate of drug-likeness (QED) is 0.819. The van der Waals surface area contributed by atoms with Crippen LogP contribution in [-0.2, 0) is 0 Å². The molecule has 1 aromatic rings. The molecule has 1 aromatic carbocycles. The van der Waals surface area contributed by atoms with Crippen molar-refractivity contribution in [2.45, 2.75) is 19.8 Å². The summed E-state index contributed by atoms with van der Waals surface area (Å²) in [6, 6.07) is 5.40. The van der Waals surface area contributed by atoms with Gasteiger partial charge in [0.05, 0.1) is 0 Å². The summed E-state index contributed by atoms with van der Waals surface area (Å²) in [4.78, 5) is 14.3. The zero-order chi connectivity index (χ0) is 12.5. The van der Waals surface area contributed by atoms with Gasteiger partial charge < -0.3 is 14.4 Å². The molecule has 96 valence electrons. The monoisotopic (exact) mass is 247 g/mol. The Balaban J connectivity index is 1.77. The minimum Gasteiger partial charge on any atom is -0.454 e. The maximum absolute atomic E-state index is 12.4. The Bertz CT molecular complexity index is 468. The summed E-state index contributed by atoms with van der Waals surface area (Å²) in [5.74, 6) is 2.19. The van der Waals surface area contributed by atoms with Gasteiger partial charge in [0.1, 0.15) is 0 Å². The van der Waals surface area contributed by atoms with Crippen LogP contribution in [0, 0.1) is 5.92 Å². The fourth-order valence-corrected chi connectivity index (χ4v) is 2.18. The second kappa shape index (κ2) is 4.52. The van der Waals surface area contributed by atoms with E-state index in [0.717, 1.165) is 18.8 Å². The zero-order valence-electron chi connectivity index (χ0n) is 10.5. The molecule has 1 fully saturated rings. The van der Waals surface area contributed by atoms with Gasteiger partial charge in [0.25, 0.3) is 5.91 Å². The Morgan fingerprint density at radius 1 is 1.33 bits per heavy atom. The average Bonchev–Trinajstić information content (AvgIpc) is 3.09. The van der Waals surface area contributed by atoms with E-state index >= 15 is 0 Å². The van der Waals surface area contributed by atoms with Crippen molar-refractivity contribution in [1.29, 1.82) is 0 Å². The zero-order valence-corrected chi connectivity index (χ0v) is 10.5. The Hall–Kier alpha value is -1.71. The third-order valence-corrected chi connectivity index (χ3v) is 3.46. The highest BCUT2D eigenvalue weighted by Crippen LogP contribution is 2.33. The van der Waals surface area contributed by atoms with Gasteiger partial charge in [0.2, 0.25) is 6.79 Å². The first kappa shape index (κ1) is 11.4. The Kier molecular flexibility index (Phi) is 2.86. The number of hydrogen-bond acceptors (Lipinski definition) is 3. The molecule has 0 aromatic heterocycles. The number of carbonyl (C=O) groups is 1. The van der Waals surface area contributed by atoms with Crippen LogP contribution in [0.25, 0.3) is 0 Å². The van der Waals surface area contributed by atoms with Gasteiger partial charge in [-0.1, -0.05) is 0 Å². The summed E-state index contributed by atoms with van der Waals surface area (Å²) in [5.41, 5.74) is 0.682. The molecule has 0 bridgehead atoms. The number of fused-ring (bicyclic) bond motifs is 1. The standard InChI is InChI=1S/C14H17NO3/c1-2-15(8-10-3-4-10)14(16)11-5-6-12-13(7-11)18-9-17-12/h5-7,10H,2-4,8-9H2,1H3. The largest absolute Gasteiger partial charge is 0.454 e. The molecule has 1 aliphatic carbocycles. The molecule has 1 aliphatic heterocycles. The molecule has 0 spiro atoms. The molecule has 2 aliphatic rings. The van der Waals surface area contributed by atoms with Crippen LogP contribution in [0.3, 0.4) is 0 Å². The maximum Gasteiger partial charge on any atom is 0.253 e. The van der Waals surface area contributed by atoms with Gasteiger partial charge in [-0.25, -0.2) is 0 Å². The number of nitrogens with zero attached hydrogens (tertiary/aromatic N) is 1. The summed E-state index contributed by atoms with van der Waals surface area (Å²) in [6.07, 6.45) is 2.51. The van der Waals surface area contributed by atoms with Gasteiger partial charge in [0, 0.05) is 18.7 Å². The number of benzene rings is 1. The summed E-state index contributed by atoms with van der Waals surface area (Å²) in [6.45, 7) is 3.90. The maximum atomic E-state index is 12.4. The van der Waals surface area contributed by atoms with Crippen molar-refractivity contribution in [3.8, 4) is 11.5 Å². The van der Waals surface area contributed by atoms with Gasteiger partial charge in [-0.3, -0.25) is 4.79 Å². The predicted molar refractivity (Wildman–Crippen MR) is 66.9 cm³/mol. The first-order valence-electron chi connectivity index (χ1n) is 6.47. The number of amides is 1. The molecule has 4 heteroatoms. The van der Waals surface area contributed by atoms with E-state index in [1.54, 1.807) is 12.1 Å². The first-order chi connectivity index (χ1) is 8.78. The SMILES string of the molecule is CCN(CC1CC1)C(=O)c1ccc2c(c1)OCO2. The minimum absolute atomic E-state index is 0.0858. The highest BCUT2D eigenvalue weighted by Gasteiger charge is 2.27. The van der Waals surface area contributed by atoms with Gasteiger partial charge in [-0.2, -0.15) is 0 Å². The highest BCUT2D eigenvalue weighted by molar-refractivity contribution is 5.95. The number of hydrogen-bond donors (Lipinski definition) is 0. The normalized spacial score (nSPS) is 16.7. The lowest BCUT2D eigenvalue weighted by Crippen LogP contribution is -2.32. The number of rotatable bonds is 4. The van der Waals surface area contributed by atoms with Crippen LogP contribution >= 0.6 is 0 Å². The highest BCUT2D eigenvalue weighted by atomic mass is 16.7. The molecular weight excluding hydrogens is 230 g/mol. The fourth-order valence-electron chi connectivity index (χ4n) is 2.18. The lowest BCUT2D eigenvalue weighted by Gasteiger charge is -2.20. The van der Waals surface area contributed by atoms with Crippen molar-refractivity contribution in [3.63, 3.8) is 0 Å². The van der Waals surface area contributed by atoms with Crippen molar-refractivity contribution in [2.24, 2.45) is 5.92 Å². The van der Waals surface area contributed by atoms with E-state index in [1.165, 1.54) is 12.8 Å². The molecule has 3 rings (SSSR count). The van der Waals surface area contributed by atoms with Crippen LogP contribution in [-0.4, -0.2) is 30.7 Å². The van der Waals surface area contributed by atoms with Gasteiger partial charge in [0.15, 0.2) is 11.5 Å². The molecule has 4 nitrogen and oxygen atoms in total. The van der Waals surface area contributed by atoms with Crippen LogP contribution in [0.4, 0.5) is 0 Å². The molecule has 0 atom stereocenters. The van der Waals surface area contributed by atoms with E-state index in [1.807, 2.05) is 17.9 Å². The van der Waals surface area contributed by atoms with Crippen molar-refractivity contribution in [2.75, 3.05) is 19.9 Å². The second-order valence-electron chi connectivity index (χ2n) is 4.86. The van der Waals surface area contributed by atoms with Crippen LogP contribution in [0.2, 0.25) is 0 Å². The Morgan fingerprint density at radius 2 is 2.11 bits per heavy atom. The summed E-state index contributed by atoms with van der Waals surface area (Å²) in [5, 5.41) is 0. The van der Waals surface area contributed by atoms with E-state index in [-0.39, 0.29) is 12.7 Å². The van der Waals surface area contributed by atoms with Crippen LogP contribution in [0.5, 0.6) is 11.5 Å². The minimum atomic E-state index is 0.0858. The molecule has 0 radical (unpaired) electrons. The molecule has 1 heterocycles. The van der Waals surface area contributed by atoms with E-state index < -0.39 is 0 Å². The van der Waals surface area contributed by atoms with Gasteiger partial charge in [-0.05, 0) is 43.9 Å². The molecule has 0 N–H and O–H groups in total. The average molecular weight is 247 g/mol. The molecule has 1 saturated carbocycles. The smallest absolute Gasteiger partial charge is 0.253 e. The second-order valence-corrected chi connectivity index (χ2v) is 4.86. The van der Waals surface area contributed by atoms with E-state index in [9.17, 15) is 4.79 Å².